The van der Waals surface area contributed by atoms with Gasteiger partial charge in [-0.1, -0.05) is 30.3 Å². The highest BCUT2D eigenvalue weighted by Crippen LogP contribution is 2.31. The minimum Gasteiger partial charge on any atom is -0.366 e. The number of hydrogen-bond acceptors (Lipinski definition) is 6. The van der Waals surface area contributed by atoms with Gasteiger partial charge in [0.1, 0.15) is 10.3 Å². The summed E-state index contributed by atoms with van der Waals surface area (Å²) in [5.74, 6) is 0.791. The number of aromatic nitrogens is 4. The fourth-order valence-corrected chi connectivity index (χ4v) is 3.30. The van der Waals surface area contributed by atoms with E-state index in [4.69, 9.17) is 0 Å². The average molecular weight is 397 g/mol. The van der Waals surface area contributed by atoms with Crippen molar-refractivity contribution in [1.82, 2.24) is 20.2 Å². The summed E-state index contributed by atoms with van der Waals surface area (Å²) in [6, 6.07) is 14.1. The third-order valence-corrected chi connectivity index (χ3v) is 4.63. The Balaban J connectivity index is 1.58. The van der Waals surface area contributed by atoms with Crippen molar-refractivity contribution in [3.8, 4) is 11.3 Å². The van der Waals surface area contributed by atoms with E-state index >= 15 is 0 Å². The molecule has 0 atom stereocenters. The number of anilines is 2. The zero-order valence-corrected chi connectivity index (χ0v) is 15.2. The monoisotopic (exact) mass is 396 g/mol. The van der Waals surface area contributed by atoms with Gasteiger partial charge in [0.25, 0.3) is 0 Å². The first-order valence-electron chi connectivity index (χ1n) is 8.17. The van der Waals surface area contributed by atoms with Crippen molar-refractivity contribution in [2.45, 2.75) is 0 Å². The van der Waals surface area contributed by atoms with Crippen LogP contribution in [-0.4, -0.2) is 46.3 Å². The topological polar surface area (TPSA) is 58.0 Å². The number of rotatable bonds is 3. The summed E-state index contributed by atoms with van der Waals surface area (Å²) in [6.45, 7) is 3.52. The van der Waals surface area contributed by atoms with Crippen molar-refractivity contribution in [3.05, 3.63) is 59.5 Å². The van der Waals surface area contributed by atoms with Crippen LogP contribution in [0.1, 0.15) is 0 Å². The second kappa shape index (κ2) is 7.14. The molecule has 0 radical (unpaired) electrons. The van der Waals surface area contributed by atoms with Crippen LogP contribution in [0.4, 0.5) is 11.6 Å². The molecule has 3 aromatic rings. The molecule has 1 fully saturated rings. The number of piperazine rings is 1. The molecule has 0 saturated carbocycles. The van der Waals surface area contributed by atoms with E-state index < -0.39 is 0 Å². The van der Waals surface area contributed by atoms with Crippen LogP contribution in [0.3, 0.4) is 0 Å². The molecule has 7 heteroatoms. The SMILES string of the molecule is Brc1cc(N2CCN(c3ncccn3)CC2)c(-c2ccccc2)nn1. The van der Waals surface area contributed by atoms with E-state index in [-0.39, 0.29) is 0 Å². The Bertz CT molecular complexity index is 835. The van der Waals surface area contributed by atoms with Crippen molar-refractivity contribution in [2.75, 3.05) is 36.0 Å². The van der Waals surface area contributed by atoms with Gasteiger partial charge in [-0.3, -0.25) is 0 Å². The number of halogens is 1. The van der Waals surface area contributed by atoms with E-state index in [1.807, 2.05) is 30.3 Å². The van der Waals surface area contributed by atoms with Crippen LogP contribution in [0, 0.1) is 0 Å². The molecule has 6 nitrogen and oxygen atoms in total. The first kappa shape index (κ1) is 16.0. The number of benzene rings is 1. The van der Waals surface area contributed by atoms with Crippen molar-refractivity contribution in [1.29, 1.82) is 0 Å². The lowest BCUT2D eigenvalue weighted by atomic mass is 10.1. The minimum atomic E-state index is 0.746. The smallest absolute Gasteiger partial charge is 0.225 e. The Morgan fingerprint density at radius 2 is 1.48 bits per heavy atom. The summed E-state index contributed by atoms with van der Waals surface area (Å²) >= 11 is 3.45. The highest BCUT2D eigenvalue weighted by molar-refractivity contribution is 9.10. The van der Waals surface area contributed by atoms with Gasteiger partial charge in [0.05, 0.1) is 5.69 Å². The Hall–Kier alpha value is -2.54. The maximum Gasteiger partial charge on any atom is 0.225 e. The Morgan fingerprint density at radius 3 is 2.20 bits per heavy atom. The highest BCUT2D eigenvalue weighted by Gasteiger charge is 2.22. The van der Waals surface area contributed by atoms with Crippen LogP contribution in [0.25, 0.3) is 11.3 Å². The van der Waals surface area contributed by atoms with Crippen molar-refractivity contribution >= 4 is 27.6 Å². The Morgan fingerprint density at radius 1 is 0.800 bits per heavy atom. The van der Waals surface area contributed by atoms with E-state index in [2.05, 4.69) is 58.0 Å². The van der Waals surface area contributed by atoms with Crippen LogP contribution in [0.15, 0.2) is 59.5 Å². The molecule has 126 valence electrons. The van der Waals surface area contributed by atoms with Crippen LogP contribution < -0.4 is 9.80 Å². The maximum absolute atomic E-state index is 4.42. The molecule has 1 aliphatic heterocycles. The molecule has 0 unspecified atom stereocenters. The van der Waals surface area contributed by atoms with Crippen LogP contribution in [0.5, 0.6) is 0 Å². The molecule has 1 aromatic carbocycles. The van der Waals surface area contributed by atoms with Gasteiger partial charge >= 0.3 is 0 Å². The maximum atomic E-state index is 4.42. The first-order chi connectivity index (χ1) is 12.3. The molecule has 2 aromatic heterocycles. The first-order valence-corrected chi connectivity index (χ1v) is 8.96. The van der Waals surface area contributed by atoms with Crippen molar-refractivity contribution in [3.63, 3.8) is 0 Å². The van der Waals surface area contributed by atoms with Gasteiger partial charge in [0, 0.05) is 44.1 Å². The molecule has 1 saturated heterocycles. The lowest BCUT2D eigenvalue weighted by Gasteiger charge is -2.36. The summed E-state index contributed by atoms with van der Waals surface area (Å²) in [5, 5.41) is 8.61. The predicted molar refractivity (Wildman–Crippen MR) is 102 cm³/mol. The average Bonchev–Trinajstić information content (AvgIpc) is 2.69. The molecular weight excluding hydrogens is 380 g/mol. The van der Waals surface area contributed by atoms with Gasteiger partial charge in [0.15, 0.2) is 0 Å². The summed E-state index contributed by atoms with van der Waals surface area (Å²) in [5.41, 5.74) is 3.08. The van der Waals surface area contributed by atoms with Gasteiger partial charge < -0.3 is 9.80 Å². The molecule has 0 N–H and O–H groups in total. The zero-order chi connectivity index (χ0) is 17.1. The van der Waals surface area contributed by atoms with E-state index in [0.29, 0.717) is 0 Å². The molecule has 0 bridgehead atoms. The highest BCUT2D eigenvalue weighted by atomic mass is 79.9. The summed E-state index contributed by atoms with van der Waals surface area (Å²) in [6.07, 6.45) is 3.57. The fraction of sp³-hybridized carbons (Fsp3) is 0.222. The molecule has 25 heavy (non-hydrogen) atoms. The predicted octanol–water partition coefficient (Wildman–Crippen LogP) is 3.02. The van der Waals surface area contributed by atoms with Crippen LogP contribution >= 0.6 is 15.9 Å². The van der Waals surface area contributed by atoms with Gasteiger partial charge in [-0.2, -0.15) is 0 Å². The largest absolute Gasteiger partial charge is 0.366 e. The quantitative estimate of drug-likeness (QED) is 0.677. The van der Waals surface area contributed by atoms with E-state index in [9.17, 15) is 0 Å². The normalized spacial score (nSPS) is 14.6. The van der Waals surface area contributed by atoms with E-state index in [0.717, 1.165) is 53.7 Å². The van der Waals surface area contributed by atoms with Crippen LogP contribution in [-0.2, 0) is 0 Å². The van der Waals surface area contributed by atoms with Crippen LogP contribution in [0.2, 0.25) is 0 Å². The molecule has 3 heterocycles. The van der Waals surface area contributed by atoms with Crippen molar-refractivity contribution < 1.29 is 0 Å². The third kappa shape index (κ3) is 3.46. The number of hydrogen-bond donors (Lipinski definition) is 0. The fourth-order valence-electron chi connectivity index (χ4n) is 3.00. The van der Waals surface area contributed by atoms with E-state index in [1.54, 1.807) is 12.4 Å². The van der Waals surface area contributed by atoms with Gasteiger partial charge in [0.2, 0.25) is 5.95 Å². The lowest BCUT2D eigenvalue weighted by molar-refractivity contribution is 0.639. The second-order valence-electron chi connectivity index (χ2n) is 5.79. The standard InChI is InChI=1S/C18H17BrN6/c19-16-13-15(17(23-22-16)14-5-2-1-3-6-14)24-9-11-25(12-10-24)18-20-7-4-8-21-18/h1-8,13H,9-12H2. The zero-order valence-electron chi connectivity index (χ0n) is 13.6. The van der Waals surface area contributed by atoms with Crippen molar-refractivity contribution in [2.24, 2.45) is 0 Å². The molecule has 0 amide bonds. The Labute approximate surface area is 154 Å². The van der Waals surface area contributed by atoms with Gasteiger partial charge in [-0.05, 0) is 28.1 Å². The lowest BCUT2D eigenvalue weighted by Crippen LogP contribution is -2.47. The summed E-state index contributed by atoms with van der Waals surface area (Å²) < 4.78 is 0.746. The third-order valence-electron chi connectivity index (χ3n) is 4.25. The molecule has 4 rings (SSSR count). The molecule has 1 aliphatic rings. The Kier molecular flexibility index (Phi) is 4.56. The molecule has 0 spiro atoms. The van der Waals surface area contributed by atoms with E-state index in [1.165, 1.54) is 0 Å². The van der Waals surface area contributed by atoms with Gasteiger partial charge in [-0.15, -0.1) is 10.2 Å². The molecular formula is C18H17BrN6. The molecule has 0 aliphatic carbocycles. The second-order valence-corrected chi connectivity index (χ2v) is 6.60. The summed E-state index contributed by atoms with van der Waals surface area (Å²) in [4.78, 5) is 13.3. The summed E-state index contributed by atoms with van der Waals surface area (Å²) in [7, 11) is 0. The minimum absolute atomic E-state index is 0.746. The number of nitrogens with zero attached hydrogens (tertiary/aromatic N) is 6. The van der Waals surface area contributed by atoms with Gasteiger partial charge in [-0.25, -0.2) is 9.97 Å².